The monoisotopic (exact) mass is 536 g/mol. The minimum atomic E-state index is -3.72. The third kappa shape index (κ3) is 5.95. The van der Waals surface area contributed by atoms with Gasteiger partial charge in [0.25, 0.3) is 16.1 Å². The Morgan fingerprint density at radius 1 is 1.18 bits per heavy atom. The highest BCUT2D eigenvalue weighted by Crippen LogP contribution is 2.29. The number of nitrogens with one attached hydrogen (secondary N) is 1. The van der Waals surface area contributed by atoms with E-state index < -0.39 is 10.2 Å². The highest BCUT2D eigenvalue weighted by atomic mass is 32.2. The second-order valence-electron chi connectivity index (χ2n) is 9.74. The van der Waals surface area contributed by atoms with Crippen LogP contribution in [-0.4, -0.2) is 54.8 Å². The Hall–Kier alpha value is -3.54. The van der Waals surface area contributed by atoms with E-state index in [0.717, 1.165) is 23.3 Å². The van der Waals surface area contributed by atoms with E-state index in [1.165, 1.54) is 4.31 Å². The van der Waals surface area contributed by atoms with Gasteiger partial charge in [-0.05, 0) is 61.1 Å². The Kier molecular flexibility index (Phi) is 7.59. The lowest BCUT2D eigenvalue weighted by Crippen LogP contribution is -2.45. The zero-order valence-electron chi connectivity index (χ0n) is 21.3. The van der Waals surface area contributed by atoms with Gasteiger partial charge in [0.1, 0.15) is 11.6 Å². The number of carbonyl (C=O) groups is 1. The van der Waals surface area contributed by atoms with Crippen LogP contribution in [0.4, 0.5) is 11.8 Å². The van der Waals surface area contributed by atoms with Crippen molar-refractivity contribution in [3.8, 4) is 5.75 Å². The van der Waals surface area contributed by atoms with Gasteiger partial charge in [0.2, 0.25) is 5.95 Å². The summed E-state index contributed by atoms with van der Waals surface area (Å²) >= 11 is 0. The van der Waals surface area contributed by atoms with E-state index in [1.807, 2.05) is 49.4 Å². The Morgan fingerprint density at radius 3 is 2.68 bits per heavy atom. The number of benzene rings is 2. The van der Waals surface area contributed by atoms with Crippen molar-refractivity contribution in [2.24, 2.45) is 11.1 Å². The molecule has 11 heteroatoms. The number of nitrogens with zero attached hydrogens (tertiary/aromatic N) is 4. The fourth-order valence-electron chi connectivity index (χ4n) is 4.95. The van der Waals surface area contributed by atoms with Gasteiger partial charge in [-0.15, -0.1) is 0 Å². The van der Waals surface area contributed by atoms with Crippen LogP contribution in [0.15, 0.2) is 60.8 Å². The number of aromatic nitrogens is 2. The van der Waals surface area contributed by atoms with Crippen molar-refractivity contribution in [3.63, 3.8) is 0 Å². The zero-order valence-corrected chi connectivity index (χ0v) is 22.1. The van der Waals surface area contributed by atoms with Crippen LogP contribution in [0.1, 0.15) is 47.3 Å². The number of rotatable bonds is 8. The van der Waals surface area contributed by atoms with Gasteiger partial charge in [-0.3, -0.25) is 9.69 Å². The summed E-state index contributed by atoms with van der Waals surface area (Å²) in [5.41, 5.74) is 2.66. The highest BCUT2D eigenvalue weighted by molar-refractivity contribution is 7.86. The number of fused-ring (bicyclic) bond motifs is 1. The van der Waals surface area contributed by atoms with Crippen molar-refractivity contribution < 1.29 is 17.9 Å². The largest absolute Gasteiger partial charge is 0.493 e. The van der Waals surface area contributed by atoms with Gasteiger partial charge in [0, 0.05) is 37.8 Å². The average Bonchev–Trinajstić information content (AvgIpc) is 3.40. The maximum absolute atomic E-state index is 13.9. The molecule has 0 aliphatic carbocycles. The molecule has 5 rings (SSSR count). The number of carbonyl (C=O) groups excluding carboxylic acids is 1. The lowest BCUT2D eigenvalue weighted by Gasteiger charge is -2.33. The van der Waals surface area contributed by atoms with Crippen LogP contribution in [0, 0.1) is 5.92 Å². The Balaban J connectivity index is 1.40. The molecule has 2 aliphatic heterocycles. The van der Waals surface area contributed by atoms with E-state index in [2.05, 4.69) is 10.3 Å². The summed E-state index contributed by atoms with van der Waals surface area (Å²) in [5, 5.41) is 8.64. The average molecular weight is 537 g/mol. The molecule has 0 spiro atoms. The Labute approximate surface area is 223 Å². The maximum atomic E-state index is 13.9. The predicted octanol–water partition coefficient (Wildman–Crippen LogP) is 3.15. The Bertz CT molecular complexity index is 1390. The minimum absolute atomic E-state index is 0.0325. The number of hydrogen-bond donors (Lipinski definition) is 2. The van der Waals surface area contributed by atoms with Crippen LogP contribution in [0.2, 0.25) is 0 Å². The van der Waals surface area contributed by atoms with Crippen LogP contribution in [0.5, 0.6) is 5.75 Å². The second kappa shape index (κ2) is 11.1. The van der Waals surface area contributed by atoms with Crippen molar-refractivity contribution in [1.82, 2.24) is 14.3 Å². The van der Waals surface area contributed by atoms with Gasteiger partial charge in [-0.25, -0.2) is 10.1 Å². The van der Waals surface area contributed by atoms with Gasteiger partial charge in [-0.1, -0.05) is 30.3 Å². The molecule has 0 bridgehead atoms. The molecular weight excluding hydrogens is 504 g/mol. The fraction of sp³-hybridized carbons (Fsp3) is 0.370. The molecule has 10 nitrogen and oxygen atoms in total. The van der Waals surface area contributed by atoms with Crippen molar-refractivity contribution in [1.29, 1.82) is 0 Å². The molecule has 0 unspecified atom stereocenters. The summed E-state index contributed by atoms with van der Waals surface area (Å²) in [6.45, 7) is 3.69. The molecule has 3 aromatic rings. The number of piperidine rings is 1. The molecule has 1 atom stereocenters. The molecule has 1 amide bonds. The molecule has 3 heterocycles. The van der Waals surface area contributed by atoms with Crippen LogP contribution >= 0.6 is 0 Å². The molecule has 38 heavy (non-hydrogen) atoms. The van der Waals surface area contributed by atoms with E-state index in [0.29, 0.717) is 56.4 Å². The number of ether oxygens (including phenoxy) is 1. The van der Waals surface area contributed by atoms with Gasteiger partial charge in [-0.2, -0.15) is 17.7 Å². The first-order valence-corrected chi connectivity index (χ1v) is 14.3. The fourth-order valence-corrected chi connectivity index (χ4v) is 5.67. The van der Waals surface area contributed by atoms with Crippen molar-refractivity contribution >= 4 is 27.9 Å². The van der Waals surface area contributed by atoms with Gasteiger partial charge in [0.05, 0.1) is 12.6 Å². The molecule has 0 radical (unpaired) electrons. The summed E-state index contributed by atoms with van der Waals surface area (Å²) in [4.78, 5) is 24.6. The summed E-state index contributed by atoms with van der Waals surface area (Å²) in [6, 6.07) is 17.2. The van der Waals surface area contributed by atoms with Gasteiger partial charge in [0.15, 0.2) is 0 Å². The first-order valence-electron chi connectivity index (χ1n) is 12.8. The third-order valence-electron chi connectivity index (χ3n) is 7.12. The highest BCUT2D eigenvalue weighted by Gasteiger charge is 2.30. The maximum Gasteiger partial charge on any atom is 0.276 e. The van der Waals surface area contributed by atoms with Crippen molar-refractivity contribution in [2.45, 2.75) is 32.2 Å². The number of anilines is 2. The van der Waals surface area contributed by atoms with Crippen LogP contribution in [0.3, 0.4) is 0 Å². The summed E-state index contributed by atoms with van der Waals surface area (Å²) in [7, 11) is -3.72. The SMILES string of the molecule is C[C@H](Nc1nccc(N(CC2CCN(S(N)(=O)=O)CC2)C(=O)c2ccc3c(c2)CCO3)n1)c1ccccc1. The van der Waals surface area contributed by atoms with Gasteiger partial charge < -0.3 is 10.1 Å². The van der Waals surface area contributed by atoms with E-state index in [4.69, 9.17) is 14.9 Å². The first kappa shape index (κ1) is 26.1. The topological polar surface area (TPSA) is 131 Å². The van der Waals surface area contributed by atoms with Crippen molar-refractivity contribution in [2.75, 3.05) is 36.5 Å². The molecule has 0 saturated carbocycles. The van der Waals surface area contributed by atoms with Crippen molar-refractivity contribution in [3.05, 3.63) is 77.5 Å². The molecule has 2 aliphatic rings. The second-order valence-corrected chi connectivity index (χ2v) is 11.3. The number of nitrogens with two attached hydrogens (primary N) is 1. The summed E-state index contributed by atoms with van der Waals surface area (Å²) in [6.07, 6.45) is 3.60. The molecule has 2 aromatic carbocycles. The van der Waals surface area contributed by atoms with Crippen LogP contribution < -0.4 is 20.1 Å². The van der Waals surface area contributed by atoms with E-state index in [-0.39, 0.29) is 17.9 Å². The number of hydrogen-bond acceptors (Lipinski definition) is 7. The normalized spacial score (nSPS) is 16.9. The van der Waals surface area contributed by atoms with E-state index in [9.17, 15) is 13.2 Å². The summed E-state index contributed by atoms with van der Waals surface area (Å²) < 4.78 is 30.4. The standard InChI is InChI=1S/C27H32N6O4S/c1-19(21-5-3-2-4-6-21)30-27-29-13-9-25(31-27)33(18-20-10-14-32(15-11-20)38(28,35)36)26(34)23-7-8-24-22(17-23)12-16-37-24/h2-9,13,17,19-20H,10-12,14-16,18H2,1H3,(H2,28,35,36)(H,29,30,31)/t19-/m0/s1. The molecule has 1 saturated heterocycles. The van der Waals surface area contributed by atoms with E-state index >= 15 is 0 Å². The Morgan fingerprint density at radius 2 is 1.95 bits per heavy atom. The quantitative estimate of drug-likeness (QED) is 0.452. The lowest BCUT2D eigenvalue weighted by molar-refractivity contribution is 0.0978. The van der Waals surface area contributed by atoms with Gasteiger partial charge >= 0.3 is 0 Å². The van der Waals surface area contributed by atoms with Crippen LogP contribution in [0.25, 0.3) is 0 Å². The minimum Gasteiger partial charge on any atom is -0.493 e. The molecule has 200 valence electrons. The smallest absolute Gasteiger partial charge is 0.276 e. The van der Waals surface area contributed by atoms with Crippen LogP contribution in [-0.2, 0) is 16.6 Å². The zero-order chi connectivity index (χ0) is 26.7. The third-order valence-corrected chi connectivity index (χ3v) is 8.20. The molecule has 1 fully saturated rings. The summed E-state index contributed by atoms with van der Waals surface area (Å²) in [5.74, 6) is 1.63. The number of amides is 1. The first-order chi connectivity index (χ1) is 18.3. The molecule has 1 aromatic heterocycles. The molecule has 3 N–H and O–H groups in total. The lowest BCUT2D eigenvalue weighted by atomic mass is 9.97. The molecular formula is C27H32N6O4S. The predicted molar refractivity (Wildman–Crippen MR) is 145 cm³/mol. The van der Waals surface area contributed by atoms with E-state index in [1.54, 1.807) is 23.2 Å².